The molecule has 0 unspecified atom stereocenters. The highest BCUT2D eigenvalue weighted by atomic mass is 16.5. The largest absolute Gasteiger partial charge is 0.494 e. The summed E-state index contributed by atoms with van der Waals surface area (Å²) in [5.74, 6) is 0.646. The third kappa shape index (κ3) is 2.23. The first-order chi connectivity index (χ1) is 11.3. The Morgan fingerprint density at radius 1 is 1.17 bits per heavy atom. The number of rotatable bonds is 2. The second kappa shape index (κ2) is 5.57. The molecule has 0 saturated heterocycles. The molecule has 0 atom stereocenters. The van der Waals surface area contributed by atoms with E-state index in [-0.39, 0.29) is 5.56 Å². The summed E-state index contributed by atoms with van der Waals surface area (Å²) >= 11 is 0. The Hall–Kier alpha value is -2.56. The molecule has 5 nitrogen and oxygen atoms in total. The van der Waals surface area contributed by atoms with Crippen LogP contribution < -0.4 is 10.3 Å². The predicted molar refractivity (Wildman–Crippen MR) is 88.6 cm³/mol. The molecule has 0 aromatic heterocycles. The van der Waals surface area contributed by atoms with Gasteiger partial charge in [0, 0.05) is 11.9 Å². The van der Waals surface area contributed by atoms with Crippen LogP contribution in [0.3, 0.4) is 0 Å². The van der Waals surface area contributed by atoms with Gasteiger partial charge in [0.2, 0.25) is 0 Å². The van der Waals surface area contributed by atoms with Crippen LogP contribution in [-0.2, 0) is 12.8 Å². The number of nitrogens with zero attached hydrogens (tertiary/aromatic N) is 2. The van der Waals surface area contributed by atoms with Gasteiger partial charge in [-0.15, -0.1) is 0 Å². The van der Waals surface area contributed by atoms with Crippen LogP contribution in [0.5, 0.6) is 5.75 Å². The highest BCUT2D eigenvalue weighted by Gasteiger charge is 2.24. The molecule has 1 N–H and O–H groups in total. The molecule has 4 rings (SSSR count). The van der Waals surface area contributed by atoms with Crippen molar-refractivity contribution in [2.45, 2.75) is 32.1 Å². The lowest BCUT2D eigenvalue weighted by molar-refractivity contribution is 0.411. The maximum absolute atomic E-state index is 12.8. The number of benzene rings is 1. The molecule has 0 bridgehead atoms. The van der Waals surface area contributed by atoms with Crippen LogP contribution in [0.2, 0.25) is 0 Å². The van der Waals surface area contributed by atoms with Crippen molar-refractivity contribution in [2.75, 3.05) is 7.11 Å². The zero-order valence-corrected chi connectivity index (χ0v) is 13.1. The van der Waals surface area contributed by atoms with Crippen LogP contribution in [0.4, 0.5) is 0 Å². The fourth-order valence-corrected chi connectivity index (χ4v) is 3.40. The summed E-state index contributed by atoms with van der Waals surface area (Å²) in [6.45, 7) is 0. The van der Waals surface area contributed by atoms with E-state index in [1.807, 2.05) is 24.3 Å². The van der Waals surface area contributed by atoms with Crippen molar-refractivity contribution >= 4 is 0 Å². The Bertz CT molecular complexity index is 878. The molecular weight excluding hydrogens is 290 g/mol. The number of para-hydroxylation sites is 2. The van der Waals surface area contributed by atoms with Crippen molar-refractivity contribution in [1.29, 1.82) is 0 Å². The molecule has 0 saturated carbocycles. The molecule has 0 spiro atoms. The molecule has 23 heavy (non-hydrogen) atoms. The zero-order chi connectivity index (χ0) is 15.8. The van der Waals surface area contributed by atoms with Gasteiger partial charge in [-0.3, -0.25) is 4.79 Å². The lowest BCUT2D eigenvalue weighted by Crippen LogP contribution is -2.15. The Morgan fingerprint density at radius 2 is 2.00 bits per heavy atom. The Labute approximate surface area is 134 Å². The second-order valence-corrected chi connectivity index (χ2v) is 5.96. The standard InChI is InChI=1S/C18H19N3O2/c1-23-16-10-6-5-9-15(16)21-18(22)13-11-19-14-8-4-2-3-7-12(14)17(13)20-21/h5-6,9-11,19H,2-4,7-8H2,1H3. The van der Waals surface area contributed by atoms with Gasteiger partial charge in [0.05, 0.1) is 12.7 Å². The van der Waals surface area contributed by atoms with E-state index in [0.29, 0.717) is 17.0 Å². The SMILES string of the molecule is COc1ccccc1-n1nc2c3c([nH]cc-2c1=O)CCCCC3. The number of aromatic nitrogens is 3. The van der Waals surface area contributed by atoms with E-state index >= 15 is 0 Å². The third-order valence-electron chi connectivity index (χ3n) is 4.59. The van der Waals surface area contributed by atoms with E-state index < -0.39 is 0 Å². The smallest absolute Gasteiger partial charge is 0.282 e. The lowest BCUT2D eigenvalue weighted by atomic mass is 10.0. The Balaban J connectivity index is 1.96. The number of fused-ring (bicyclic) bond motifs is 3. The van der Waals surface area contributed by atoms with E-state index in [4.69, 9.17) is 4.74 Å². The molecule has 3 aliphatic rings. The average Bonchev–Trinajstić information content (AvgIpc) is 2.77. The quantitative estimate of drug-likeness (QED) is 0.740. The van der Waals surface area contributed by atoms with Gasteiger partial charge < -0.3 is 9.72 Å². The third-order valence-corrected chi connectivity index (χ3v) is 4.59. The molecule has 0 amide bonds. The van der Waals surface area contributed by atoms with Gasteiger partial charge in [-0.25, -0.2) is 0 Å². The average molecular weight is 309 g/mol. The minimum Gasteiger partial charge on any atom is -0.494 e. The first-order valence-electron chi connectivity index (χ1n) is 8.05. The minimum atomic E-state index is -0.104. The van der Waals surface area contributed by atoms with Gasteiger partial charge >= 0.3 is 0 Å². The van der Waals surface area contributed by atoms with Crippen LogP contribution in [0.25, 0.3) is 16.9 Å². The number of H-pyrrole nitrogens is 1. The zero-order valence-electron chi connectivity index (χ0n) is 13.1. The molecule has 1 aliphatic carbocycles. The molecule has 1 aromatic carbocycles. The fraction of sp³-hybridized carbons (Fsp3) is 0.333. The van der Waals surface area contributed by atoms with E-state index in [2.05, 4.69) is 10.1 Å². The van der Waals surface area contributed by atoms with Crippen LogP contribution >= 0.6 is 0 Å². The van der Waals surface area contributed by atoms with Crippen molar-refractivity contribution < 1.29 is 4.74 Å². The highest BCUT2D eigenvalue weighted by molar-refractivity contribution is 5.65. The van der Waals surface area contributed by atoms with Gasteiger partial charge in [-0.1, -0.05) is 18.6 Å². The van der Waals surface area contributed by atoms with E-state index in [1.165, 1.54) is 28.8 Å². The van der Waals surface area contributed by atoms with Crippen molar-refractivity contribution in [3.8, 4) is 22.7 Å². The van der Waals surface area contributed by atoms with Crippen LogP contribution in [0, 0.1) is 0 Å². The normalized spacial score (nSPS) is 14.5. The van der Waals surface area contributed by atoms with Crippen LogP contribution in [0.1, 0.15) is 30.5 Å². The maximum Gasteiger partial charge on any atom is 0.282 e. The maximum atomic E-state index is 12.8. The summed E-state index contributed by atoms with van der Waals surface area (Å²) < 4.78 is 6.84. The summed E-state index contributed by atoms with van der Waals surface area (Å²) in [4.78, 5) is 16.1. The van der Waals surface area contributed by atoms with Crippen molar-refractivity contribution in [3.63, 3.8) is 0 Å². The predicted octanol–water partition coefficient (Wildman–Crippen LogP) is 2.94. The first kappa shape index (κ1) is 14.1. The first-order valence-corrected chi connectivity index (χ1v) is 8.05. The number of ether oxygens (including phenoxy) is 1. The van der Waals surface area contributed by atoms with Gasteiger partial charge in [0.1, 0.15) is 17.1 Å². The molecule has 2 heterocycles. The molecular formula is C18H19N3O2. The van der Waals surface area contributed by atoms with Gasteiger partial charge in [0.25, 0.3) is 5.56 Å². The number of hydrogen-bond donors (Lipinski definition) is 1. The molecule has 118 valence electrons. The van der Waals surface area contributed by atoms with Crippen molar-refractivity contribution in [2.24, 2.45) is 0 Å². The van der Waals surface area contributed by atoms with Gasteiger partial charge in [-0.2, -0.15) is 9.78 Å². The second-order valence-electron chi connectivity index (χ2n) is 5.96. The van der Waals surface area contributed by atoms with E-state index in [9.17, 15) is 4.79 Å². The fourth-order valence-electron chi connectivity index (χ4n) is 3.40. The number of aromatic amines is 1. The van der Waals surface area contributed by atoms with Gasteiger partial charge in [0.15, 0.2) is 0 Å². The van der Waals surface area contributed by atoms with Gasteiger partial charge in [-0.05, 0) is 43.4 Å². The molecule has 0 fully saturated rings. The molecule has 2 aliphatic heterocycles. The number of nitrogens with one attached hydrogen (secondary N) is 1. The molecule has 0 radical (unpaired) electrons. The van der Waals surface area contributed by atoms with Crippen LogP contribution in [-0.4, -0.2) is 21.9 Å². The van der Waals surface area contributed by atoms with E-state index in [0.717, 1.165) is 25.0 Å². The number of pyridine rings is 1. The summed E-state index contributed by atoms with van der Waals surface area (Å²) in [5.41, 5.74) is 4.48. The topological polar surface area (TPSA) is 59.9 Å². The Morgan fingerprint density at radius 3 is 2.87 bits per heavy atom. The summed E-state index contributed by atoms with van der Waals surface area (Å²) in [5, 5.41) is 4.65. The number of aryl methyl sites for hydroxylation is 1. The highest BCUT2D eigenvalue weighted by Crippen LogP contribution is 2.29. The van der Waals surface area contributed by atoms with Crippen molar-refractivity contribution in [1.82, 2.24) is 14.8 Å². The van der Waals surface area contributed by atoms with E-state index in [1.54, 1.807) is 13.3 Å². The Kier molecular flexibility index (Phi) is 3.41. The van der Waals surface area contributed by atoms with Crippen molar-refractivity contribution in [3.05, 3.63) is 52.1 Å². The molecule has 5 heteroatoms. The lowest BCUT2D eigenvalue weighted by Gasteiger charge is -2.09. The minimum absolute atomic E-state index is 0.104. The molecule has 1 aromatic rings. The number of hydrogen-bond acceptors (Lipinski definition) is 3. The number of methoxy groups -OCH3 is 1. The summed E-state index contributed by atoms with van der Waals surface area (Å²) in [6.07, 6.45) is 7.37. The monoisotopic (exact) mass is 309 g/mol. The van der Waals surface area contributed by atoms with Crippen LogP contribution in [0.15, 0.2) is 35.3 Å². The summed E-state index contributed by atoms with van der Waals surface area (Å²) in [7, 11) is 1.60. The summed E-state index contributed by atoms with van der Waals surface area (Å²) in [6, 6.07) is 7.47.